The number of esters is 1. The van der Waals surface area contributed by atoms with E-state index in [4.69, 9.17) is 4.74 Å². The van der Waals surface area contributed by atoms with E-state index >= 15 is 0 Å². The predicted octanol–water partition coefficient (Wildman–Crippen LogP) is 2.71. The summed E-state index contributed by atoms with van der Waals surface area (Å²) in [5.74, 6) is 0.0180. The molecule has 0 saturated carbocycles. The predicted molar refractivity (Wildman–Crippen MR) is 79.7 cm³/mol. The van der Waals surface area contributed by atoms with Crippen LogP contribution in [-0.2, 0) is 9.53 Å². The van der Waals surface area contributed by atoms with E-state index in [1.54, 1.807) is 0 Å². The minimum atomic E-state index is -0.116. The number of carbonyl (C=O) groups is 1. The van der Waals surface area contributed by atoms with Crippen molar-refractivity contribution in [3.8, 4) is 0 Å². The first-order valence-corrected chi connectivity index (χ1v) is 7.07. The number of hydrogen-bond acceptors (Lipinski definition) is 3. The van der Waals surface area contributed by atoms with Gasteiger partial charge >= 0.3 is 5.97 Å². The third-order valence-corrected chi connectivity index (χ3v) is 4.21. The largest absolute Gasteiger partial charge is 0.469 e. The number of methoxy groups -OCH3 is 1. The Morgan fingerprint density at radius 1 is 1.20 bits per heavy atom. The number of hydrogen-bond donors (Lipinski definition) is 1. The van der Waals surface area contributed by atoms with Gasteiger partial charge in [-0.1, -0.05) is 42.5 Å². The molecule has 2 aromatic rings. The molecule has 0 spiro atoms. The van der Waals surface area contributed by atoms with Gasteiger partial charge in [0.2, 0.25) is 0 Å². The van der Waals surface area contributed by atoms with Crippen molar-refractivity contribution >= 4 is 16.7 Å². The molecule has 0 aliphatic carbocycles. The first-order chi connectivity index (χ1) is 9.81. The lowest BCUT2D eigenvalue weighted by molar-refractivity contribution is -0.146. The Bertz CT molecular complexity index is 618. The molecule has 0 radical (unpaired) electrons. The summed E-state index contributed by atoms with van der Waals surface area (Å²) in [6.45, 7) is 1.64. The third kappa shape index (κ3) is 2.29. The van der Waals surface area contributed by atoms with Crippen molar-refractivity contribution in [3.63, 3.8) is 0 Å². The van der Waals surface area contributed by atoms with Crippen LogP contribution < -0.4 is 5.32 Å². The summed E-state index contributed by atoms with van der Waals surface area (Å²) >= 11 is 0. The minimum absolute atomic E-state index is 0.0976. The first kappa shape index (κ1) is 13.1. The lowest BCUT2D eigenvalue weighted by atomic mass is 9.79. The first-order valence-electron chi connectivity index (χ1n) is 7.07. The average molecular weight is 269 g/mol. The van der Waals surface area contributed by atoms with Gasteiger partial charge in [-0.25, -0.2) is 0 Å². The van der Waals surface area contributed by atoms with Crippen molar-refractivity contribution in [2.75, 3.05) is 20.2 Å². The maximum atomic E-state index is 12.0. The summed E-state index contributed by atoms with van der Waals surface area (Å²) in [5.41, 5.74) is 1.26. The van der Waals surface area contributed by atoms with E-state index in [0.29, 0.717) is 6.54 Å². The number of rotatable bonds is 2. The normalized spacial score (nSPS) is 22.6. The summed E-state index contributed by atoms with van der Waals surface area (Å²) in [5, 5.41) is 5.77. The molecule has 1 N–H and O–H groups in total. The van der Waals surface area contributed by atoms with Crippen LogP contribution in [0.3, 0.4) is 0 Å². The van der Waals surface area contributed by atoms with Crippen molar-refractivity contribution in [2.45, 2.75) is 12.3 Å². The van der Waals surface area contributed by atoms with Crippen LogP contribution in [0.25, 0.3) is 10.8 Å². The number of ether oxygens (including phenoxy) is 1. The summed E-state index contributed by atoms with van der Waals surface area (Å²) < 4.78 is 4.97. The van der Waals surface area contributed by atoms with Gasteiger partial charge in [0, 0.05) is 12.5 Å². The topological polar surface area (TPSA) is 38.3 Å². The molecule has 0 amide bonds. The molecule has 1 aliphatic heterocycles. The number of piperidine rings is 1. The van der Waals surface area contributed by atoms with Crippen LogP contribution in [0.1, 0.15) is 17.9 Å². The molecule has 2 atom stereocenters. The highest BCUT2D eigenvalue weighted by atomic mass is 16.5. The quantitative estimate of drug-likeness (QED) is 0.852. The molecule has 104 valence electrons. The zero-order valence-electron chi connectivity index (χ0n) is 11.6. The lowest BCUT2D eigenvalue weighted by Crippen LogP contribution is -2.40. The molecular formula is C17H19NO2. The van der Waals surface area contributed by atoms with Crippen molar-refractivity contribution in [1.82, 2.24) is 5.32 Å². The van der Waals surface area contributed by atoms with E-state index in [1.165, 1.54) is 23.4 Å². The molecule has 0 unspecified atom stereocenters. The molecule has 1 heterocycles. The van der Waals surface area contributed by atoms with E-state index in [-0.39, 0.29) is 17.8 Å². The van der Waals surface area contributed by atoms with Crippen LogP contribution in [0.15, 0.2) is 42.5 Å². The van der Waals surface area contributed by atoms with Gasteiger partial charge in [0.15, 0.2) is 0 Å². The van der Waals surface area contributed by atoms with E-state index in [9.17, 15) is 4.79 Å². The van der Waals surface area contributed by atoms with Crippen LogP contribution in [-0.4, -0.2) is 26.2 Å². The maximum Gasteiger partial charge on any atom is 0.310 e. The van der Waals surface area contributed by atoms with E-state index in [2.05, 4.69) is 41.7 Å². The van der Waals surface area contributed by atoms with Gasteiger partial charge in [-0.3, -0.25) is 4.79 Å². The van der Waals surface area contributed by atoms with Gasteiger partial charge < -0.3 is 10.1 Å². The van der Waals surface area contributed by atoms with Crippen molar-refractivity contribution in [1.29, 1.82) is 0 Å². The zero-order valence-corrected chi connectivity index (χ0v) is 11.6. The molecule has 1 aliphatic rings. The number of benzene rings is 2. The smallest absolute Gasteiger partial charge is 0.310 e. The summed E-state index contributed by atoms with van der Waals surface area (Å²) in [6, 6.07) is 14.7. The zero-order chi connectivity index (χ0) is 13.9. The van der Waals surface area contributed by atoms with Crippen LogP contribution in [0.4, 0.5) is 0 Å². The van der Waals surface area contributed by atoms with Crippen molar-refractivity contribution in [3.05, 3.63) is 48.0 Å². The second-order valence-corrected chi connectivity index (χ2v) is 5.30. The Morgan fingerprint density at radius 3 is 2.85 bits per heavy atom. The second kappa shape index (κ2) is 5.63. The molecule has 2 aromatic carbocycles. The number of nitrogens with one attached hydrogen (secondary N) is 1. The molecular weight excluding hydrogens is 250 g/mol. The molecule has 3 rings (SSSR count). The van der Waals surface area contributed by atoms with Crippen molar-refractivity contribution < 1.29 is 9.53 Å². The Labute approximate surface area is 118 Å². The van der Waals surface area contributed by atoms with Crippen LogP contribution in [0, 0.1) is 5.92 Å². The van der Waals surface area contributed by atoms with Gasteiger partial charge in [-0.2, -0.15) is 0 Å². The van der Waals surface area contributed by atoms with E-state index < -0.39 is 0 Å². The highest BCUT2D eigenvalue weighted by Gasteiger charge is 2.33. The van der Waals surface area contributed by atoms with Crippen LogP contribution >= 0.6 is 0 Å². The molecule has 1 fully saturated rings. The van der Waals surface area contributed by atoms with Gasteiger partial charge in [0.25, 0.3) is 0 Å². The molecule has 0 aromatic heterocycles. The number of fused-ring (bicyclic) bond motifs is 1. The Balaban J connectivity index is 2.06. The molecule has 3 nitrogen and oxygen atoms in total. The molecule has 20 heavy (non-hydrogen) atoms. The molecule has 0 bridgehead atoms. The molecule has 3 heteroatoms. The van der Waals surface area contributed by atoms with Crippen LogP contribution in [0.2, 0.25) is 0 Å². The van der Waals surface area contributed by atoms with Gasteiger partial charge in [0.05, 0.1) is 13.0 Å². The van der Waals surface area contributed by atoms with Gasteiger partial charge in [-0.05, 0) is 29.3 Å². The second-order valence-electron chi connectivity index (χ2n) is 5.30. The SMILES string of the molecule is COC(=O)[C@@H]1CNCC[C@H]1c1cccc2ccccc12. The van der Waals surface area contributed by atoms with Gasteiger partial charge in [0.1, 0.15) is 0 Å². The third-order valence-electron chi connectivity index (χ3n) is 4.21. The van der Waals surface area contributed by atoms with Crippen molar-refractivity contribution in [2.24, 2.45) is 5.92 Å². The van der Waals surface area contributed by atoms with E-state index in [1.807, 2.05) is 6.07 Å². The standard InChI is InChI=1S/C17H19NO2/c1-20-17(19)16-11-18-10-9-15(16)14-8-4-6-12-5-2-3-7-13(12)14/h2-8,15-16,18H,9-11H2,1H3/t15-,16+/m0/s1. The molecule has 1 saturated heterocycles. The number of carbonyl (C=O) groups excluding carboxylic acids is 1. The summed E-state index contributed by atoms with van der Waals surface area (Å²) in [4.78, 5) is 12.0. The fraction of sp³-hybridized carbons (Fsp3) is 0.353. The Morgan fingerprint density at radius 2 is 2.00 bits per heavy atom. The Hall–Kier alpha value is -1.87. The van der Waals surface area contributed by atoms with Gasteiger partial charge in [-0.15, -0.1) is 0 Å². The monoisotopic (exact) mass is 269 g/mol. The summed E-state index contributed by atoms with van der Waals surface area (Å²) in [7, 11) is 1.47. The maximum absolute atomic E-state index is 12.0. The summed E-state index contributed by atoms with van der Waals surface area (Å²) in [6.07, 6.45) is 0.966. The fourth-order valence-electron chi connectivity index (χ4n) is 3.20. The highest BCUT2D eigenvalue weighted by Crippen LogP contribution is 2.35. The van der Waals surface area contributed by atoms with Crippen LogP contribution in [0.5, 0.6) is 0 Å². The Kier molecular flexibility index (Phi) is 3.70. The lowest BCUT2D eigenvalue weighted by Gasteiger charge is -2.31. The average Bonchev–Trinajstić information content (AvgIpc) is 2.53. The highest BCUT2D eigenvalue weighted by molar-refractivity contribution is 5.87. The minimum Gasteiger partial charge on any atom is -0.469 e. The fourth-order valence-corrected chi connectivity index (χ4v) is 3.20. The van der Waals surface area contributed by atoms with E-state index in [0.717, 1.165) is 13.0 Å².